The Kier molecular flexibility index (Phi) is 2.92. The van der Waals surface area contributed by atoms with E-state index < -0.39 is 5.60 Å². The molecule has 2 aliphatic rings. The number of fused-ring (bicyclic) bond motifs is 2. The number of piperidine rings is 1. The zero-order valence-corrected chi connectivity index (χ0v) is 11.6. The van der Waals surface area contributed by atoms with Crippen molar-refractivity contribution in [2.75, 3.05) is 0 Å². The molecule has 3 heterocycles. The van der Waals surface area contributed by atoms with Gasteiger partial charge < -0.3 is 10.4 Å². The second-order valence-electron chi connectivity index (χ2n) is 5.96. The molecular weight excluding hydrogens is 250 g/mol. The number of halogens is 1. The summed E-state index contributed by atoms with van der Waals surface area (Å²) in [4.78, 5) is 0. The van der Waals surface area contributed by atoms with Gasteiger partial charge in [0.15, 0.2) is 0 Å². The summed E-state index contributed by atoms with van der Waals surface area (Å²) in [6.07, 6.45) is 5.43. The third kappa shape index (κ3) is 1.87. The van der Waals surface area contributed by atoms with Gasteiger partial charge in [0.05, 0.1) is 16.9 Å². The SMILES string of the molecule is CC(C)n1ncc(Cl)c1C1(O)CC2CCC(C1)N2. The highest BCUT2D eigenvalue weighted by Gasteiger charge is 2.46. The van der Waals surface area contributed by atoms with E-state index in [1.807, 2.05) is 4.68 Å². The van der Waals surface area contributed by atoms with Gasteiger partial charge in [-0.2, -0.15) is 5.10 Å². The molecule has 0 aromatic carbocycles. The van der Waals surface area contributed by atoms with Crippen LogP contribution in [0.15, 0.2) is 6.20 Å². The van der Waals surface area contributed by atoms with Crippen LogP contribution in [0.2, 0.25) is 5.02 Å². The topological polar surface area (TPSA) is 50.1 Å². The molecule has 2 aliphatic heterocycles. The highest BCUT2D eigenvalue weighted by molar-refractivity contribution is 6.31. The fourth-order valence-corrected chi connectivity index (χ4v) is 3.79. The largest absolute Gasteiger partial charge is 0.383 e. The molecule has 1 aromatic rings. The molecule has 3 rings (SSSR count). The monoisotopic (exact) mass is 269 g/mol. The summed E-state index contributed by atoms with van der Waals surface area (Å²) in [5, 5.41) is 19.5. The lowest BCUT2D eigenvalue weighted by molar-refractivity contribution is -0.0198. The fraction of sp³-hybridized carbons (Fsp3) is 0.769. The van der Waals surface area contributed by atoms with Gasteiger partial charge in [-0.1, -0.05) is 11.6 Å². The van der Waals surface area contributed by atoms with Gasteiger partial charge in [0.25, 0.3) is 0 Å². The quantitative estimate of drug-likeness (QED) is 0.866. The Labute approximate surface area is 112 Å². The summed E-state index contributed by atoms with van der Waals surface area (Å²) in [7, 11) is 0. The van der Waals surface area contributed by atoms with Crippen LogP contribution in [0.3, 0.4) is 0 Å². The minimum Gasteiger partial charge on any atom is -0.383 e. The van der Waals surface area contributed by atoms with Gasteiger partial charge in [-0.15, -0.1) is 0 Å². The Morgan fingerprint density at radius 3 is 2.61 bits per heavy atom. The van der Waals surface area contributed by atoms with E-state index in [1.54, 1.807) is 6.20 Å². The number of nitrogens with one attached hydrogen (secondary N) is 1. The standard InChI is InChI=1S/C13H20ClN3O/c1-8(2)17-12(11(14)7-15-17)13(18)5-9-3-4-10(6-13)16-9/h7-10,16,18H,3-6H2,1-2H3. The van der Waals surface area contributed by atoms with Crippen LogP contribution in [0, 0.1) is 0 Å². The molecule has 100 valence electrons. The van der Waals surface area contributed by atoms with E-state index in [-0.39, 0.29) is 6.04 Å². The van der Waals surface area contributed by atoms with Crippen LogP contribution in [0.5, 0.6) is 0 Å². The molecular formula is C13H20ClN3O. The minimum absolute atomic E-state index is 0.212. The second kappa shape index (κ2) is 4.22. The number of aliphatic hydroxyl groups is 1. The first-order valence-corrected chi connectivity index (χ1v) is 7.09. The van der Waals surface area contributed by atoms with Crippen molar-refractivity contribution < 1.29 is 5.11 Å². The van der Waals surface area contributed by atoms with Crippen LogP contribution >= 0.6 is 11.6 Å². The average molecular weight is 270 g/mol. The molecule has 18 heavy (non-hydrogen) atoms. The van der Waals surface area contributed by atoms with Gasteiger partial charge in [-0.3, -0.25) is 4.68 Å². The van der Waals surface area contributed by atoms with Crippen molar-refractivity contribution in [2.45, 2.75) is 63.3 Å². The number of hydrogen-bond acceptors (Lipinski definition) is 3. The Morgan fingerprint density at radius 1 is 1.44 bits per heavy atom. The third-order valence-corrected chi connectivity index (χ3v) is 4.46. The van der Waals surface area contributed by atoms with Crippen LogP contribution < -0.4 is 5.32 Å². The predicted octanol–water partition coefficient (Wildman–Crippen LogP) is 2.22. The van der Waals surface area contributed by atoms with E-state index in [9.17, 15) is 5.11 Å². The summed E-state index contributed by atoms with van der Waals surface area (Å²) in [5.41, 5.74) is -0.0212. The maximum Gasteiger partial charge on any atom is 0.111 e. The van der Waals surface area contributed by atoms with E-state index >= 15 is 0 Å². The average Bonchev–Trinajstić information content (AvgIpc) is 2.83. The Morgan fingerprint density at radius 2 is 2.06 bits per heavy atom. The first-order chi connectivity index (χ1) is 8.49. The van der Waals surface area contributed by atoms with Crippen LogP contribution in [-0.4, -0.2) is 27.0 Å². The fourth-order valence-electron chi connectivity index (χ4n) is 3.48. The summed E-state index contributed by atoms with van der Waals surface area (Å²) in [5.74, 6) is 0. The maximum absolute atomic E-state index is 11.0. The van der Waals surface area contributed by atoms with E-state index in [2.05, 4.69) is 24.3 Å². The maximum atomic E-state index is 11.0. The minimum atomic E-state index is -0.824. The molecule has 2 saturated heterocycles. The lowest BCUT2D eigenvalue weighted by Gasteiger charge is -2.38. The van der Waals surface area contributed by atoms with Gasteiger partial charge >= 0.3 is 0 Å². The smallest absolute Gasteiger partial charge is 0.111 e. The zero-order chi connectivity index (χ0) is 12.9. The van der Waals surface area contributed by atoms with Gasteiger partial charge in [0.1, 0.15) is 5.60 Å². The van der Waals surface area contributed by atoms with E-state index in [0.29, 0.717) is 17.1 Å². The van der Waals surface area contributed by atoms with Crippen molar-refractivity contribution in [1.29, 1.82) is 0 Å². The molecule has 5 heteroatoms. The van der Waals surface area contributed by atoms with Crippen molar-refractivity contribution in [3.63, 3.8) is 0 Å². The Bertz CT molecular complexity index is 445. The molecule has 2 fully saturated rings. The van der Waals surface area contributed by atoms with Crippen LogP contribution in [0.25, 0.3) is 0 Å². The van der Waals surface area contributed by atoms with Gasteiger partial charge in [-0.05, 0) is 39.5 Å². The highest BCUT2D eigenvalue weighted by Crippen LogP contribution is 2.43. The molecule has 0 saturated carbocycles. The molecule has 0 spiro atoms. The van der Waals surface area contributed by atoms with Crippen molar-refractivity contribution in [3.05, 3.63) is 16.9 Å². The molecule has 0 radical (unpaired) electrons. The van der Waals surface area contributed by atoms with Crippen LogP contribution in [0.1, 0.15) is 51.3 Å². The predicted molar refractivity (Wildman–Crippen MR) is 70.7 cm³/mol. The Balaban J connectivity index is 2.01. The summed E-state index contributed by atoms with van der Waals surface area (Å²) < 4.78 is 1.87. The van der Waals surface area contributed by atoms with Crippen molar-refractivity contribution in [2.24, 2.45) is 0 Å². The molecule has 2 unspecified atom stereocenters. The molecule has 2 N–H and O–H groups in total. The normalized spacial score (nSPS) is 35.4. The number of nitrogens with zero attached hydrogens (tertiary/aromatic N) is 2. The van der Waals surface area contributed by atoms with Crippen LogP contribution in [-0.2, 0) is 5.60 Å². The van der Waals surface area contributed by atoms with Crippen molar-refractivity contribution in [1.82, 2.24) is 15.1 Å². The Hall–Kier alpha value is -0.580. The summed E-state index contributed by atoms with van der Waals surface area (Å²) in [6.45, 7) is 4.12. The second-order valence-corrected chi connectivity index (χ2v) is 6.36. The van der Waals surface area contributed by atoms with E-state index in [0.717, 1.165) is 31.4 Å². The molecule has 1 aromatic heterocycles. The number of rotatable bonds is 2. The lowest BCUT2D eigenvalue weighted by Crippen LogP contribution is -2.47. The highest BCUT2D eigenvalue weighted by atomic mass is 35.5. The summed E-state index contributed by atoms with van der Waals surface area (Å²) in [6, 6.07) is 1.05. The first kappa shape index (κ1) is 12.5. The number of hydrogen-bond donors (Lipinski definition) is 2. The number of aromatic nitrogens is 2. The van der Waals surface area contributed by atoms with Crippen molar-refractivity contribution >= 4 is 11.6 Å². The van der Waals surface area contributed by atoms with Gasteiger partial charge in [0.2, 0.25) is 0 Å². The molecule has 2 atom stereocenters. The molecule has 2 bridgehead atoms. The van der Waals surface area contributed by atoms with Gasteiger partial charge in [-0.25, -0.2) is 0 Å². The first-order valence-electron chi connectivity index (χ1n) is 6.71. The van der Waals surface area contributed by atoms with Crippen molar-refractivity contribution in [3.8, 4) is 0 Å². The van der Waals surface area contributed by atoms with E-state index in [1.165, 1.54) is 0 Å². The van der Waals surface area contributed by atoms with Crippen LogP contribution in [0.4, 0.5) is 0 Å². The summed E-state index contributed by atoms with van der Waals surface area (Å²) >= 11 is 6.26. The molecule has 0 amide bonds. The zero-order valence-electron chi connectivity index (χ0n) is 10.9. The molecule has 4 nitrogen and oxygen atoms in total. The lowest BCUT2D eigenvalue weighted by atomic mass is 9.84. The molecule has 0 aliphatic carbocycles. The third-order valence-electron chi connectivity index (χ3n) is 4.18. The van der Waals surface area contributed by atoms with Gasteiger partial charge in [0, 0.05) is 18.1 Å². The van der Waals surface area contributed by atoms with E-state index in [4.69, 9.17) is 11.6 Å².